The fourth-order valence-electron chi connectivity index (χ4n) is 2.11. The van der Waals surface area contributed by atoms with Crippen LogP contribution in [0.2, 0.25) is 0 Å². The van der Waals surface area contributed by atoms with Crippen LogP contribution in [0.15, 0.2) is 24.5 Å². The highest BCUT2D eigenvalue weighted by Gasteiger charge is 2.02. The van der Waals surface area contributed by atoms with E-state index in [4.69, 9.17) is 5.11 Å². The lowest BCUT2D eigenvalue weighted by atomic mass is 9.97. The Morgan fingerprint density at radius 1 is 0.909 bits per heavy atom. The predicted molar refractivity (Wildman–Crippen MR) is 90.3 cm³/mol. The lowest BCUT2D eigenvalue weighted by molar-refractivity contribution is -0.671. The zero-order chi connectivity index (χ0) is 17.0. The Morgan fingerprint density at radius 2 is 1.23 bits per heavy atom. The molecule has 0 aliphatic carbocycles. The standard InChI is InChI=1S/C12H16.C7H7NO2/c1-7-8(2)10(4)12(6)11(5)9(7)3;1-8-4-2-6(3-5-8)7(9)10/h1,6H2,2-5H3;2-5H,1H3/p+1. The molecule has 3 nitrogen and oxygen atoms in total. The minimum atomic E-state index is -0.888. The number of aryl methyl sites for hydroxylation is 1. The Hall–Kier alpha value is -2.42. The largest absolute Gasteiger partial charge is 0.478 e. The number of aromatic nitrogens is 1. The van der Waals surface area contributed by atoms with Gasteiger partial charge in [0.05, 0.1) is 5.56 Å². The number of hydrogen-bond donors (Lipinski definition) is 1. The molecule has 22 heavy (non-hydrogen) atoms. The third kappa shape index (κ3) is 3.82. The fourth-order valence-corrected chi connectivity index (χ4v) is 2.11. The van der Waals surface area contributed by atoms with E-state index in [1.54, 1.807) is 29.1 Å². The molecule has 0 saturated carbocycles. The molecule has 1 N–H and O–H groups in total. The molecule has 2 aromatic rings. The van der Waals surface area contributed by atoms with Crippen molar-refractivity contribution >= 4 is 19.1 Å². The van der Waals surface area contributed by atoms with Gasteiger partial charge in [-0.25, -0.2) is 9.36 Å². The number of carbonyl (C=O) groups is 1. The minimum absolute atomic E-state index is 0.318. The lowest BCUT2D eigenvalue weighted by Gasteiger charge is -2.08. The van der Waals surface area contributed by atoms with Gasteiger partial charge in [0.2, 0.25) is 0 Å². The minimum Gasteiger partial charge on any atom is -0.478 e. The molecule has 3 heteroatoms. The number of carboxylic acid groups (broad SMARTS) is 1. The molecule has 0 unspecified atom stereocenters. The second kappa shape index (κ2) is 7.03. The van der Waals surface area contributed by atoms with E-state index in [-0.39, 0.29) is 0 Å². The van der Waals surface area contributed by atoms with Gasteiger partial charge in [-0.2, -0.15) is 0 Å². The van der Waals surface area contributed by atoms with Gasteiger partial charge in [0.25, 0.3) is 0 Å². The fraction of sp³-hybridized carbons (Fsp3) is 0.263. The SMILES string of the molecule is C=c1c(C)c(C)c(=C)c(C)c1C.C[n+]1ccc(C(=O)O)cc1. The molecule has 0 aliphatic heterocycles. The second-order valence-corrected chi connectivity index (χ2v) is 5.51. The van der Waals surface area contributed by atoms with Gasteiger partial charge in [0.15, 0.2) is 12.4 Å². The number of pyridine rings is 1. The van der Waals surface area contributed by atoms with Crippen LogP contribution in [-0.2, 0) is 7.05 Å². The normalized spacial score (nSPS) is 9.86. The maximum absolute atomic E-state index is 10.3. The van der Waals surface area contributed by atoms with Crippen LogP contribution in [0, 0.1) is 27.7 Å². The van der Waals surface area contributed by atoms with Crippen LogP contribution in [-0.4, -0.2) is 11.1 Å². The molecule has 0 amide bonds. The summed E-state index contributed by atoms with van der Waals surface area (Å²) in [6.45, 7) is 16.5. The number of nitrogens with zero attached hydrogens (tertiary/aromatic N) is 1. The Morgan fingerprint density at radius 3 is 1.50 bits per heavy atom. The van der Waals surface area contributed by atoms with Crippen LogP contribution in [0.25, 0.3) is 13.2 Å². The van der Waals surface area contributed by atoms with Crippen molar-refractivity contribution in [1.82, 2.24) is 0 Å². The Labute approximate surface area is 131 Å². The number of aromatic carboxylic acids is 1. The summed E-state index contributed by atoms with van der Waals surface area (Å²) in [7, 11) is 1.84. The first kappa shape index (κ1) is 17.6. The van der Waals surface area contributed by atoms with Gasteiger partial charge in [-0.15, -0.1) is 0 Å². The zero-order valence-corrected chi connectivity index (χ0v) is 14.0. The van der Waals surface area contributed by atoms with Crippen LogP contribution in [0.3, 0.4) is 0 Å². The van der Waals surface area contributed by atoms with Crippen LogP contribution >= 0.6 is 0 Å². The van der Waals surface area contributed by atoms with Gasteiger partial charge >= 0.3 is 5.97 Å². The van der Waals surface area contributed by atoms with E-state index in [0.29, 0.717) is 5.56 Å². The number of rotatable bonds is 1. The maximum Gasteiger partial charge on any atom is 0.336 e. The van der Waals surface area contributed by atoms with Crippen molar-refractivity contribution in [2.24, 2.45) is 7.05 Å². The average Bonchev–Trinajstić information content (AvgIpc) is 2.50. The molecule has 1 aromatic carbocycles. The van der Waals surface area contributed by atoms with Crippen molar-refractivity contribution in [2.75, 3.05) is 0 Å². The first-order chi connectivity index (χ1) is 10.2. The Kier molecular flexibility index (Phi) is 5.63. The molecule has 0 spiro atoms. The van der Waals surface area contributed by atoms with E-state index in [9.17, 15) is 4.79 Å². The summed E-state index contributed by atoms with van der Waals surface area (Å²) in [5.41, 5.74) is 5.44. The smallest absolute Gasteiger partial charge is 0.336 e. The summed E-state index contributed by atoms with van der Waals surface area (Å²) in [5.74, 6) is -0.888. The van der Waals surface area contributed by atoms with Gasteiger partial charge in [0, 0.05) is 12.1 Å². The van der Waals surface area contributed by atoms with E-state index in [2.05, 4.69) is 40.9 Å². The van der Waals surface area contributed by atoms with E-state index >= 15 is 0 Å². The summed E-state index contributed by atoms with van der Waals surface area (Å²) in [6.07, 6.45) is 3.40. The highest BCUT2D eigenvalue weighted by molar-refractivity contribution is 5.87. The monoisotopic (exact) mass is 298 g/mol. The molecule has 0 fully saturated rings. The average molecular weight is 298 g/mol. The first-order valence-corrected chi connectivity index (χ1v) is 7.09. The molecule has 0 saturated heterocycles. The second-order valence-electron chi connectivity index (χ2n) is 5.51. The highest BCUT2D eigenvalue weighted by atomic mass is 16.4. The third-order valence-corrected chi connectivity index (χ3v) is 4.16. The third-order valence-electron chi connectivity index (χ3n) is 4.16. The van der Waals surface area contributed by atoms with Crippen molar-refractivity contribution in [3.63, 3.8) is 0 Å². The summed E-state index contributed by atoms with van der Waals surface area (Å²) < 4.78 is 1.78. The summed E-state index contributed by atoms with van der Waals surface area (Å²) in [4.78, 5) is 10.3. The molecule has 2 rings (SSSR count). The molecule has 0 bridgehead atoms. The maximum atomic E-state index is 10.3. The van der Waals surface area contributed by atoms with Crippen LogP contribution in [0.1, 0.15) is 32.6 Å². The van der Waals surface area contributed by atoms with Gasteiger partial charge in [-0.3, -0.25) is 0 Å². The van der Waals surface area contributed by atoms with E-state index < -0.39 is 5.97 Å². The molecular formula is C19H24NO2+. The number of benzene rings is 1. The number of hydrogen-bond acceptors (Lipinski definition) is 1. The van der Waals surface area contributed by atoms with Crippen LogP contribution in [0.5, 0.6) is 0 Å². The highest BCUT2D eigenvalue weighted by Crippen LogP contribution is 2.01. The molecule has 0 atom stereocenters. The summed E-state index contributed by atoms with van der Waals surface area (Å²) >= 11 is 0. The summed E-state index contributed by atoms with van der Waals surface area (Å²) in [5, 5.41) is 10.8. The van der Waals surface area contributed by atoms with Crippen LogP contribution < -0.4 is 15.0 Å². The Balaban J connectivity index is 0.000000224. The number of carboxylic acids is 1. The Bertz CT molecular complexity index is 714. The molecular weight excluding hydrogens is 274 g/mol. The van der Waals surface area contributed by atoms with E-state index in [0.717, 1.165) is 10.4 Å². The van der Waals surface area contributed by atoms with Crippen molar-refractivity contribution in [3.8, 4) is 0 Å². The molecule has 0 radical (unpaired) electrons. The van der Waals surface area contributed by atoms with Crippen molar-refractivity contribution in [3.05, 3.63) is 62.8 Å². The van der Waals surface area contributed by atoms with Crippen molar-refractivity contribution < 1.29 is 14.5 Å². The predicted octanol–water partition coefficient (Wildman–Crippen LogP) is 1.95. The zero-order valence-electron chi connectivity index (χ0n) is 14.0. The van der Waals surface area contributed by atoms with Crippen molar-refractivity contribution in [2.45, 2.75) is 27.7 Å². The molecule has 116 valence electrons. The van der Waals surface area contributed by atoms with Gasteiger partial charge in [-0.05, 0) is 60.4 Å². The molecule has 1 aromatic heterocycles. The quantitative estimate of drug-likeness (QED) is 0.818. The summed E-state index contributed by atoms with van der Waals surface area (Å²) in [6, 6.07) is 3.12. The first-order valence-electron chi connectivity index (χ1n) is 7.09. The van der Waals surface area contributed by atoms with Gasteiger partial charge in [-0.1, -0.05) is 13.2 Å². The van der Waals surface area contributed by atoms with Gasteiger partial charge in [0.1, 0.15) is 7.05 Å². The lowest BCUT2D eigenvalue weighted by Crippen LogP contribution is -2.26. The topological polar surface area (TPSA) is 41.2 Å². The molecule has 0 aliphatic rings. The van der Waals surface area contributed by atoms with Crippen molar-refractivity contribution in [1.29, 1.82) is 0 Å². The van der Waals surface area contributed by atoms with E-state index in [1.165, 1.54) is 22.3 Å². The van der Waals surface area contributed by atoms with E-state index in [1.807, 2.05) is 7.05 Å². The molecule has 1 heterocycles. The van der Waals surface area contributed by atoms with Gasteiger partial charge < -0.3 is 5.11 Å². The van der Waals surface area contributed by atoms with Crippen LogP contribution in [0.4, 0.5) is 0 Å².